The van der Waals surface area contributed by atoms with E-state index in [9.17, 15) is 4.79 Å². The number of rotatable bonds is 8. The van der Waals surface area contributed by atoms with Gasteiger partial charge in [-0.15, -0.1) is 0 Å². The third-order valence-electron chi connectivity index (χ3n) is 2.72. The van der Waals surface area contributed by atoms with E-state index in [-0.39, 0.29) is 5.91 Å². The van der Waals surface area contributed by atoms with Gasteiger partial charge in [-0.05, 0) is 53.4 Å². The highest BCUT2D eigenvalue weighted by Crippen LogP contribution is 2.25. The minimum Gasteiger partial charge on any atom is -0.496 e. The second-order valence-electron chi connectivity index (χ2n) is 4.16. The van der Waals surface area contributed by atoms with Gasteiger partial charge in [0.15, 0.2) is 0 Å². The Labute approximate surface area is 122 Å². The second kappa shape index (κ2) is 8.93. The molecule has 1 aromatic rings. The van der Waals surface area contributed by atoms with Gasteiger partial charge in [-0.1, -0.05) is 0 Å². The van der Waals surface area contributed by atoms with Crippen LogP contribution in [0.2, 0.25) is 0 Å². The van der Waals surface area contributed by atoms with Crippen molar-refractivity contribution in [2.75, 3.05) is 27.4 Å². The fraction of sp³-hybridized carbons (Fsp3) is 0.500. The Bertz CT molecular complexity index is 410. The summed E-state index contributed by atoms with van der Waals surface area (Å²) in [6.45, 7) is 1.46. The van der Waals surface area contributed by atoms with E-state index in [1.54, 1.807) is 32.4 Å². The first-order valence-electron chi connectivity index (χ1n) is 6.29. The van der Waals surface area contributed by atoms with Crippen LogP contribution in [0.3, 0.4) is 0 Å². The molecule has 1 aromatic carbocycles. The standard InChI is InChI=1S/C14H20BrNO3/c1-18-9-5-3-4-8-16-14(17)11-6-7-13(19-2)12(15)10-11/h6-7,10H,3-5,8-9H2,1-2H3,(H,16,17). The second-order valence-corrected chi connectivity index (χ2v) is 5.01. The average molecular weight is 330 g/mol. The third kappa shape index (κ3) is 5.61. The minimum absolute atomic E-state index is 0.0601. The molecule has 0 fully saturated rings. The molecule has 1 N–H and O–H groups in total. The van der Waals surface area contributed by atoms with Crippen molar-refractivity contribution in [3.8, 4) is 5.75 Å². The van der Waals surface area contributed by atoms with Gasteiger partial charge in [0, 0.05) is 25.8 Å². The number of carbonyl (C=O) groups is 1. The lowest BCUT2D eigenvalue weighted by Gasteiger charge is -2.07. The molecule has 0 aromatic heterocycles. The lowest BCUT2D eigenvalue weighted by Crippen LogP contribution is -2.24. The van der Waals surface area contributed by atoms with Gasteiger partial charge >= 0.3 is 0 Å². The average Bonchev–Trinajstić information content (AvgIpc) is 2.42. The summed E-state index contributed by atoms with van der Waals surface area (Å²) in [6, 6.07) is 5.29. The lowest BCUT2D eigenvalue weighted by atomic mass is 10.2. The summed E-state index contributed by atoms with van der Waals surface area (Å²) in [5.74, 6) is 0.659. The maximum atomic E-state index is 11.9. The van der Waals surface area contributed by atoms with Crippen molar-refractivity contribution in [1.82, 2.24) is 5.32 Å². The van der Waals surface area contributed by atoms with Crippen molar-refractivity contribution in [2.45, 2.75) is 19.3 Å². The smallest absolute Gasteiger partial charge is 0.251 e. The first-order chi connectivity index (χ1) is 9.19. The van der Waals surface area contributed by atoms with Crippen LogP contribution >= 0.6 is 15.9 Å². The summed E-state index contributed by atoms with van der Waals surface area (Å²) in [4.78, 5) is 11.9. The van der Waals surface area contributed by atoms with E-state index < -0.39 is 0 Å². The van der Waals surface area contributed by atoms with Crippen LogP contribution in [-0.4, -0.2) is 33.3 Å². The lowest BCUT2D eigenvalue weighted by molar-refractivity contribution is 0.0952. The Hall–Kier alpha value is -1.07. The van der Waals surface area contributed by atoms with Crippen LogP contribution < -0.4 is 10.1 Å². The largest absolute Gasteiger partial charge is 0.496 e. The van der Waals surface area contributed by atoms with Gasteiger partial charge in [0.25, 0.3) is 5.91 Å². The van der Waals surface area contributed by atoms with E-state index in [1.807, 2.05) is 0 Å². The van der Waals surface area contributed by atoms with Gasteiger partial charge in [-0.25, -0.2) is 0 Å². The van der Waals surface area contributed by atoms with Crippen LogP contribution in [0.4, 0.5) is 0 Å². The van der Waals surface area contributed by atoms with E-state index in [0.717, 1.165) is 36.1 Å². The first kappa shape index (κ1) is 16.0. The van der Waals surface area contributed by atoms with Crippen molar-refractivity contribution in [3.05, 3.63) is 28.2 Å². The zero-order valence-electron chi connectivity index (χ0n) is 11.4. The summed E-state index contributed by atoms with van der Waals surface area (Å²) >= 11 is 3.37. The Morgan fingerprint density at radius 3 is 2.68 bits per heavy atom. The number of hydrogen-bond acceptors (Lipinski definition) is 3. The SMILES string of the molecule is COCCCCCNC(=O)c1ccc(OC)c(Br)c1. The number of halogens is 1. The molecule has 0 aliphatic heterocycles. The quantitative estimate of drug-likeness (QED) is 0.746. The topological polar surface area (TPSA) is 47.6 Å². The Morgan fingerprint density at radius 2 is 2.05 bits per heavy atom. The maximum Gasteiger partial charge on any atom is 0.251 e. The van der Waals surface area contributed by atoms with Gasteiger partial charge in [0.2, 0.25) is 0 Å². The Morgan fingerprint density at radius 1 is 1.26 bits per heavy atom. The molecule has 19 heavy (non-hydrogen) atoms. The fourth-order valence-electron chi connectivity index (χ4n) is 1.66. The molecule has 1 rings (SSSR count). The van der Waals surface area contributed by atoms with Crippen LogP contribution in [0, 0.1) is 0 Å². The molecule has 0 heterocycles. The van der Waals surface area contributed by atoms with Crippen LogP contribution in [0.5, 0.6) is 5.75 Å². The summed E-state index contributed by atoms with van der Waals surface area (Å²) in [5, 5.41) is 2.90. The predicted octanol–water partition coefficient (Wildman–Crippen LogP) is 3.00. The van der Waals surface area contributed by atoms with Crippen LogP contribution in [0.15, 0.2) is 22.7 Å². The molecule has 106 valence electrons. The van der Waals surface area contributed by atoms with Crippen LogP contribution in [0.1, 0.15) is 29.6 Å². The molecule has 0 unspecified atom stereocenters. The van der Waals surface area contributed by atoms with E-state index in [4.69, 9.17) is 9.47 Å². The highest BCUT2D eigenvalue weighted by Gasteiger charge is 2.08. The summed E-state index contributed by atoms with van der Waals surface area (Å²) in [5.41, 5.74) is 0.629. The number of amides is 1. The molecule has 0 radical (unpaired) electrons. The van der Waals surface area contributed by atoms with Gasteiger partial charge in [0.05, 0.1) is 11.6 Å². The van der Waals surface area contributed by atoms with Crippen molar-refractivity contribution >= 4 is 21.8 Å². The molecule has 0 atom stereocenters. The molecule has 0 spiro atoms. The molecule has 0 saturated heterocycles. The number of carbonyl (C=O) groups excluding carboxylic acids is 1. The van der Waals surface area contributed by atoms with Crippen molar-refractivity contribution in [2.24, 2.45) is 0 Å². The van der Waals surface area contributed by atoms with Gasteiger partial charge in [-0.3, -0.25) is 4.79 Å². The number of methoxy groups -OCH3 is 2. The van der Waals surface area contributed by atoms with Gasteiger partial charge in [-0.2, -0.15) is 0 Å². The van der Waals surface area contributed by atoms with Crippen LogP contribution in [-0.2, 0) is 4.74 Å². The van der Waals surface area contributed by atoms with E-state index in [0.29, 0.717) is 12.1 Å². The van der Waals surface area contributed by atoms with Crippen LogP contribution in [0.25, 0.3) is 0 Å². The van der Waals surface area contributed by atoms with Gasteiger partial charge < -0.3 is 14.8 Å². The number of benzene rings is 1. The van der Waals surface area contributed by atoms with Crippen molar-refractivity contribution < 1.29 is 14.3 Å². The molecule has 0 saturated carbocycles. The predicted molar refractivity (Wildman–Crippen MR) is 78.8 cm³/mol. The highest BCUT2D eigenvalue weighted by atomic mass is 79.9. The maximum absolute atomic E-state index is 11.9. The van der Waals surface area contributed by atoms with E-state index >= 15 is 0 Å². The number of ether oxygens (including phenoxy) is 2. The molecular formula is C14H20BrNO3. The summed E-state index contributed by atoms with van der Waals surface area (Å²) < 4.78 is 10.9. The van der Waals surface area contributed by atoms with E-state index in [1.165, 1.54) is 0 Å². The normalized spacial score (nSPS) is 10.3. The molecule has 0 bridgehead atoms. The monoisotopic (exact) mass is 329 g/mol. The number of unbranched alkanes of at least 4 members (excludes halogenated alkanes) is 2. The zero-order valence-corrected chi connectivity index (χ0v) is 13.0. The highest BCUT2D eigenvalue weighted by molar-refractivity contribution is 9.10. The minimum atomic E-state index is -0.0601. The van der Waals surface area contributed by atoms with Crippen molar-refractivity contribution in [1.29, 1.82) is 0 Å². The van der Waals surface area contributed by atoms with Crippen molar-refractivity contribution in [3.63, 3.8) is 0 Å². The Balaban J connectivity index is 2.35. The fourth-order valence-corrected chi connectivity index (χ4v) is 2.20. The number of nitrogens with one attached hydrogen (secondary N) is 1. The first-order valence-corrected chi connectivity index (χ1v) is 7.09. The summed E-state index contributed by atoms with van der Waals surface area (Å²) in [7, 11) is 3.29. The zero-order chi connectivity index (χ0) is 14.1. The third-order valence-corrected chi connectivity index (χ3v) is 3.34. The molecule has 5 heteroatoms. The van der Waals surface area contributed by atoms with E-state index in [2.05, 4.69) is 21.2 Å². The summed E-state index contributed by atoms with van der Waals surface area (Å²) in [6.07, 6.45) is 3.05. The molecule has 0 aliphatic carbocycles. The number of hydrogen-bond donors (Lipinski definition) is 1. The molecule has 0 aliphatic rings. The molecule has 4 nitrogen and oxygen atoms in total. The molecule has 1 amide bonds. The molecular weight excluding hydrogens is 310 g/mol. The van der Waals surface area contributed by atoms with Gasteiger partial charge in [0.1, 0.15) is 5.75 Å². The Kier molecular flexibility index (Phi) is 7.52.